The topological polar surface area (TPSA) is 179 Å². The summed E-state index contributed by atoms with van der Waals surface area (Å²) in [5, 5.41) is 23.8. The highest BCUT2D eigenvalue weighted by Gasteiger charge is 2.61. The van der Waals surface area contributed by atoms with E-state index in [0.717, 1.165) is 4.88 Å². The smallest absolute Gasteiger partial charge is 0.330 e. The van der Waals surface area contributed by atoms with E-state index in [0.29, 0.717) is 16.7 Å². The Balaban J connectivity index is 1.33. The fourth-order valence-corrected chi connectivity index (χ4v) is 6.60. The van der Waals surface area contributed by atoms with E-state index in [-0.39, 0.29) is 30.8 Å². The Bertz CT molecular complexity index is 1840. The summed E-state index contributed by atoms with van der Waals surface area (Å²) >= 11 is 1.48. The van der Waals surface area contributed by atoms with Crippen LogP contribution >= 0.6 is 11.3 Å². The van der Waals surface area contributed by atoms with Gasteiger partial charge in [0.2, 0.25) is 17.7 Å². The molecule has 1 aromatic carbocycles. The molecule has 1 saturated carbocycles. The van der Waals surface area contributed by atoms with Crippen molar-refractivity contribution in [3.05, 3.63) is 72.4 Å². The molecule has 1 aliphatic heterocycles. The molecule has 4 N–H and O–H groups in total. The van der Waals surface area contributed by atoms with Crippen LogP contribution in [0, 0.1) is 11.3 Å². The van der Waals surface area contributed by atoms with Gasteiger partial charge in [0.15, 0.2) is 0 Å². The molecule has 0 spiro atoms. The number of nitrogens with one attached hydrogen (secondary N) is 3. The fraction of sp³-hybridized carbons (Fsp3) is 0.364. The molecule has 3 aromatic heterocycles. The van der Waals surface area contributed by atoms with Crippen LogP contribution in [0.4, 0.5) is 0 Å². The van der Waals surface area contributed by atoms with E-state index in [1.807, 2.05) is 41.8 Å². The number of rotatable bonds is 10. The van der Waals surface area contributed by atoms with E-state index in [2.05, 4.69) is 27.4 Å². The summed E-state index contributed by atoms with van der Waals surface area (Å²) in [6, 6.07) is 9.06. The van der Waals surface area contributed by atoms with Crippen LogP contribution in [0.25, 0.3) is 21.6 Å². The predicted molar refractivity (Wildman–Crippen MR) is 173 cm³/mol. The maximum atomic E-state index is 14.4. The molecule has 244 valence electrons. The van der Waals surface area contributed by atoms with Crippen LogP contribution in [0.1, 0.15) is 44.0 Å². The molecule has 1 aliphatic carbocycles. The second-order valence-corrected chi connectivity index (χ2v) is 13.8. The van der Waals surface area contributed by atoms with Crippen molar-refractivity contribution in [1.82, 2.24) is 35.7 Å². The third kappa shape index (κ3) is 6.20. The number of likely N-dealkylation sites (tertiary alicyclic amines) is 1. The van der Waals surface area contributed by atoms with Crippen molar-refractivity contribution in [1.29, 1.82) is 0 Å². The zero-order valence-corrected chi connectivity index (χ0v) is 26.9. The van der Waals surface area contributed by atoms with Crippen molar-refractivity contribution in [3.63, 3.8) is 0 Å². The number of ether oxygens (including phenoxy) is 1. The lowest BCUT2D eigenvalue weighted by Crippen LogP contribution is -2.59. The number of fused-ring (bicyclic) bond motifs is 1. The number of aromatic amines is 1. The molecule has 1 unspecified atom stereocenters. The van der Waals surface area contributed by atoms with Crippen LogP contribution < -0.4 is 15.4 Å². The van der Waals surface area contributed by atoms with E-state index in [1.165, 1.54) is 34.7 Å². The zero-order chi connectivity index (χ0) is 33.5. The molecule has 13 nitrogen and oxygen atoms in total. The minimum atomic E-state index is -1.50. The number of hydrogen-bond donors (Lipinski definition) is 4. The van der Waals surface area contributed by atoms with Crippen LogP contribution in [0.5, 0.6) is 5.88 Å². The molecule has 3 amide bonds. The van der Waals surface area contributed by atoms with Crippen molar-refractivity contribution in [2.75, 3.05) is 6.54 Å². The Kier molecular flexibility index (Phi) is 8.30. The molecule has 14 heteroatoms. The van der Waals surface area contributed by atoms with Gasteiger partial charge in [0.1, 0.15) is 29.4 Å². The van der Waals surface area contributed by atoms with Gasteiger partial charge in [-0.1, -0.05) is 45.0 Å². The number of aliphatic carboxylic acids is 1. The van der Waals surface area contributed by atoms with Gasteiger partial charge in [-0.15, -0.1) is 17.9 Å². The van der Waals surface area contributed by atoms with E-state index < -0.39 is 58.8 Å². The first-order chi connectivity index (χ1) is 22.4. The molecule has 0 radical (unpaired) electrons. The average Bonchev–Trinajstić information content (AvgIpc) is 3.54. The molecule has 0 bridgehead atoms. The number of amides is 3. The summed E-state index contributed by atoms with van der Waals surface area (Å²) in [7, 11) is 0. The van der Waals surface area contributed by atoms with Crippen LogP contribution in [0.3, 0.4) is 0 Å². The first-order valence-corrected chi connectivity index (χ1v) is 16.0. The van der Waals surface area contributed by atoms with E-state index >= 15 is 0 Å². The molecular formula is C33H35N7O6S. The lowest BCUT2D eigenvalue weighted by atomic mass is 9.85. The minimum Gasteiger partial charge on any atom is -0.479 e. The maximum absolute atomic E-state index is 14.4. The van der Waals surface area contributed by atoms with Crippen molar-refractivity contribution in [3.8, 4) is 16.5 Å². The summed E-state index contributed by atoms with van der Waals surface area (Å²) in [6.07, 6.45) is 3.81. The third-order valence-electron chi connectivity index (χ3n) is 8.60. The summed E-state index contributed by atoms with van der Waals surface area (Å²) in [5.41, 5.74) is -0.190. The SMILES string of the molecule is C=C[C@@H]1CC1(NC(=O)[C@@H]1C[C@@H](Oc2nc3ccccc3nc2-c2cccs2)CN1C(=O)[C@@H](NC(=O)c1cn[nH]c1)C(C)(C)C)C(=O)O. The number of nitrogens with zero attached hydrogens (tertiary/aromatic N) is 4. The van der Waals surface area contributed by atoms with Crippen molar-refractivity contribution in [2.24, 2.45) is 11.3 Å². The predicted octanol–water partition coefficient (Wildman–Crippen LogP) is 3.42. The standard InChI is InChI=1S/C33H35N7O6S/c1-5-19-14-33(19,31(44)45)39-28(42)23-13-20(17-40(23)30(43)26(32(2,3)4)38-27(41)18-15-34-35-16-18)46-29-25(24-11-8-12-47-24)36-21-9-6-7-10-22(21)37-29/h5-12,15-16,19-20,23,26H,1,13-14,17H2,2-4H3,(H,34,35)(H,38,41)(H,39,42)(H,44,45)/t19-,20-,23+,26-,33?/m1/s1. The summed E-state index contributed by atoms with van der Waals surface area (Å²) < 4.78 is 6.47. The van der Waals surface area contributed by atoms with E-state index in [1.54, 1.807) is 20.8 Å². The number of para-hydroxylation sites is 2. The molecule has 47 heavy (non-hydrogen) atoms. The van der Waals surface area contributed by atoms with Crippen molar-refractivity contribution < 1.29 is 29.0 Å². The van der Waals surface area contributed by atoms with E-state index in [4.69, 9.17) is 14.7 Å². The van der Waals surface area contributed by atoms with Gasteiger partial charge in [0.05, 0.1) is 34.2 Å². The number of H-pyrrole nitrogens is 1. The first kappa shape index (κ1) is 31.9. The summed E-state index contributed by atoms with van der Waals surface area (Å²) in [6.45, 7) is 9.10. The van der Waals surface area contributed by atoms with E-state index in [9.17, 15) is 24.3 Å². The number of aromatic nitrogens is 4. The summed E-state index contributed by atoms with van der Waals surface area (Å²) in [4.78, 5) is 65.3. The lowest BCUT2D eigenvalue weighted by Gasteiger charge is -2.35. The number of benzene rings is 1. The number of thiophene rings is 1. The quantitative estimate of drug-likeness (QED) is 0.186. The highest BCUT2D eigenvalue weighted by molar-refractivity contribution is 7.13. The highest BCUT2D eigenvalue weighted by atomic mass is 32.1. The molecule has 1 saturated heterocycles. The average molecular weight is 658 g/mol. The van der Waals surface area contributed by atoms with Crippen LogP contribution in [-0.2, 0) is 14.4 Å². The van der Waals surface area contributed by atoms with Gasteiger partial charge < -0.3 is 25.4 Å². The van der Waals surface area contributed by atoms with Gasteiger partial charge in [-0.05, 0) is 35.4 Å². The fourth-order valence-electron chi connectivity index (χ4n) is 5.90. The van der Waals surface area contributed by atoms with Gasteiger partial charge in [0.25, 0.3) is 5.91 Å². The lowest BCUT2D eigenvalue weighted by molar-refractivity contribution is -0.146. The minimum absolute atomic E-state index is 0.0194. The monoisotopic (exact) mass is 657 g/mol. The third-order valence-corrected chi connectivity index (χ3v) is 9.47. The number of carbonyl (C=O) groups excluding carboxylic acids is 3. The van der Waals surface area contributed by atoms with Crippen LogP contribution in [-0.4, -0.2) is 84.1 Å². The Labute approximate surface area is 274 Å². The van der Waals surface area contributed by atoms with Crippen LogP contribution in [0.15, 0.2) is 66.8 Å². The largest absolute Gasteiger partial charge is 0.479 e. The second-order valence-electron chi connectivity index (χ2n) is 12.9. The number of carboxylic acids is 1. The second kappa shape index (κ2) is 12.2. The Hall–Kier alpha value is -5.11. The molecule has 4 aromatic rings. The van der Waals surface area contributed by atoms with Gasteiger partial charge >= 0.3 is 5.97 Å². The summed E-state index contributed by atoms with van der Waals surface area (Å²) in [5.74, 6) is -3.02. The van der Waals surface area contributed by atoms with Crippen molar-refractivity contribution in [2.45, 2.75) is 57.3 Å². The number of carbonyl (C=O) groups is 4. The first-order valence-electron chi connectivity index (χ1n) is 15.2. The number of carboxylic acid groups (broad SMARTS) is 1. The molecule has 2 fully saturated rings. The highest BCUT2D eigenvalue weighted by Crippen LogP contribution is 2.45. The Morgan fingerprint density at radius 2 is 1.91 bits per heavy atom. The molecular weight excluding hydrogens is 622 g/mol. The molecule has 6 rings (SSSR count). The van der Waals surface area contributed by atoms with Crippen molar-refractivity contribution >= 4 is 46.1 Å². The molecule has 2 aliphatic rings. The van der Waals surface area contributed by atoms with Crippen LogP contribution in [0.2, 0.25) is 0 Å². The molecule has 5 atom stereocenters. The zero-order valence-electron chi connectivity index (χ0n) is 26.1. The normalized spacial score (nSPS) is 22.8. The Morgan fingerprint density at radius 1 is 1.17 bits per heavy atom. The number of hydrogen-bond acceptors (Lipinski definition) is 9. The molecule has 4 heterocycles. The van der Waals surface area contributed by atoms with Gasteiger partial charge in [-0.25, -0.2) is 14.8 Å². The van der Waals surface area contributed by atoms with Gasteiger partial charge in [0, 0.05) is 18.5 Å². The van der Waals surface area contributed by atoms with Gasteiger partial charge in [-0.3, -0.25) is 19.5 Å². The Morgan fingerprint density at radius 3 is 2.51 bits per heavy atom. The van der Waals surface area contributed by atoms with Gasteiger partial charge in [-0.2, -0.15) is 5.10 Å². The maximum Gasteiger partial charge on any atom is 0.330 e.